The first kappa shape index (κ1) is 16.4. The molecule has 0 saturated heterocycles. The summed E-state index contributed by atoms with van der Waals surface area (Å²) < 4.78 is 4.47. The summed E-state index contributed by atoms with van der Waals surface area (Å²) in [4.78, 5) is 11.9. The van der Waals surface area contributed by atoms with Gasteiger partial charge in [0.25, 0.3) is 0 Å². The number of aliphatic hydroxyl groups excluding tert-OH is 1. The second-order valence-electron chi connectivity index (χ2n) is 5.70. The van der Waals surface area contributed by atoms with Crippen molar-refractivity contribution in [3.8, 4) is 5.75 Å². The Hall–Kier alpha value is -0.970. The SMILES string of the molecule is Cc1cccc(OC[C@H](O)CNC(=O)[C@@]2(C)CC2(Cl)Cl)c1. The molecule has 0 spiro atoms. The number of hydrogen-bond donors (Lipinski definition) is 2. The number of rotatable bonds is 6. The fraction of sp³-hybridized carbons (Fsp3) is 0.533. The molecule has 1 fully saturated rings. The molecule has 1 aliphatic rings. The lowest BCUT2D eigenvalue weighted by molar-refractivity contribution is -0.126. The maximum atomic E-state index is 11.9. The Kier molecular flexibility index (Phi) is 4.71. The summed E-state index contributed by atoms with van der Waals surface area (Å²) in [6.45, 7) is 3.87. The minimum atomic E-state index is -1.000. The van der Waals surface area contributed by atoms with Crippen LogP contribution in [0.25, 0.3) is 0 Å². The summed E-state index contributed by atoms with van der Waals surface area (Å²) in [7, 11) is 0. The minimum absolute atomic E-state index is 0.101. The first-order valence-electron chi connectivity index (χ1n) is 6.78. The molecule has 0 aromatic heterocycles. The second kappa shape index (κ2) is 6.03. The van der Waals surface area contributed by atoms with E-state index in [2.05, 4.69) is 5.32 Å². The van der Waals surface area contributed by atoms with Gasteiger partial charge in [0.1, 0.15) is 22.8 Å². The zero-order valence-electron chi connectivity index (χ0n) is 12.0. The molecule has 0 unspecified atom stereocenters. The van der Waals surface area contributed by atoms with Crippen LogP contribution in [0.2, 0.25) is 0 Å². The quantitative estimate of drug-likeness (QED) is 0.787. The van der Waals surface area contributed by atoms with Gasteiger partial charge in [-0.15, -0.1) is 23.2 Å². The van der Waals surface area contributed by atoms with Crippen molar-refractivity contribution in [3.63, 3.8) is 0 Å². The molecule has 1 saturated carbocycles. The summed E-state index contributed by atoms with van der Waals surface area (Å²) in [5, 5.41) is 12.5. The number of nitrogens with one attached hydrogen (secondary N) is 1. The van der Waals surface area contributed by atoms with Crippen LogP contribution in [0.3, 0.4) is 0 Å². The number of alkyl halides is 2. The Morgan fingerprint density at radius 3 is 2.76 bits per heavy atom. The van der Waals surface area contributed by atoms with E-state index in [1.54, 1.807) is 6.92 Å². The van der Waals surface area contributed by atoms with Crippen molar-refractivity contribution in [2.45, 2.75) is 30.7 Å². The van der Waals surface area contributed by atoms with Gasteiger partial charge in [0.2, 0.25) is 5.91 Å². The van der Waals surface area contributed by atoms with Crippen molar-refractivity contribution >= 4 is 29.1 Å². The third kappa shape index (κ3) is 3.82. The molecule has 1 aromatic rings. The summed E-state index contributed by atoms with van der Waals surface area (Å²) in [6, 6.07) is 7.54. The highest BCUT2D eigenvalue weighted by Gasteiger charge is 2.67. The maximum absolute atomic E-state index is 11.9. The highest BCUT2D eigenvalue weighted by atomic mass is 35.5. The molecule has 6 heteroatoms. The van der Waals surface area contributed by atoms with Crippen molar-refractivity contribution in [1.29, 1.82) is 0 Å². The van der Waals surface area contributed by atoms with E-state index in [9.17, 15) is 9.90 Å². The van der Waals surface area contributed by atoms with Gasteiger partial charge in [-0.3, -0.25) is 4.79 Å². The van der Waals surface area contributed by atoms with Crippen molar-refractivity contribution in [2.75, 3.05) is 13.2 Å². The lowest BCUT2D eigenvalue weighted by Crippen LogP contribution is -2.40. The summed E-state index contributed by atoms with van der Waals surface area (Å²) >= 11 is 11.9. The number of aryl methyl sites for hydroxylation is 1. The number of carbonyl (C=O) groups is 1. The van der Waals surface area contributed by atoms with Gasteiger partial charge < -0.3 is 15.2 Å². The number of carbonyl (C=O) groups excluding carboxylic acids is 1. The standard InChI is InChI=1S/C15H19Cl2NO3/c1-10-4-3-5-12(6-10)21-8-11(19)7-18-13(20)14(2)9-15(14,16)17/h3-6,11,19H,7-9H2,1-2H3,(H,18,20)/t11-,14-/m1/s1. The summed E-state index contributed by atoms with van der Waals surface area (Å²) in [5.74, 6) is 0.442. The predicted molar refractivity (Wildman–Crippen MR) is 82.9 cm³/mol. The van der Waals surface area contributed by atoms with Crippen LogP contribution in [-0.4, -0.2) is 34.6 Å². The Bertz CT molecular complexity index is 535. The molecule has 1 aromatic carbocycles. The molecule has 1 aliphatic carbocycles. The topological polar surface area (TPSA) is 58.6 Å². The minimum Gasteiger partial charge on any atom is -0.491 e. The number of aliphatic hydroxyl groups is 1. The highest BCUT2D eigenvalue weighted by molar-refractivity contribution is 6.53. The molecular formula is C15H19Cl2NO3. The molecule has 0 heterocycles. The van der Waals surface area contributed by atoms with Crippen molar-refractivity contribution in [3.05, 3.63) is 29.8 Å². The molecule has 4 nitrogen and oxygen atoms in total. The largest absolute Gasteiger partial charge is 0.491 e. The van der Waals surface area contributed by atoms with Crippen LogP contribution in [0.15, 0.2) is 24.3 Å². The normalized spacial score (nSPS) is 24.2. The number of amides is 1. The van der Waals surface area contributed by atoms with E-state index in [-0.39, 0.29) is 19.1 Å². The van der Waals surface area contributed by atoms with Crippen LogP contribution < -0.4 is 10.1 Å². The van der Waals surface area contributed by atoms with Gasteiger partial charge in [-0.1, -0.05) is 12.1 Å². The predicted octanol–water partition coefficient (Wildman–Crippen LogP) is 2.43. The van der Waals surface area contributed by atoms with E-state index < -0.39 is 15.9 Å². The van der Waals surface area contributed by atoms with Crippen molar-refractivity contribution < 1.29 is 14.6 Å². The third-order valence-electron chi connectivity index (χ3n) is 3.69. The molecule has 2 atom stereocenters. The van der Waals surface area contributed by atoms with E-state index in [0.29, 0.717) is 12.2 Å². The fourth-order valence-electron chi connectivity index (χ4n) is 2.01. The molecule has 116 valence electrons. The van der Waals surface area contributed by atoms with Gasteiger partial charge in [0, 0.05) is 6.54 Å². The number of halogens is 2. The van der Waals surface area contributed by atoms with Gasteiger partial charge in [-0.05, 0) is 38.0 Å². The first-order valence-corrected chi connectivity index (χ1v) is 7.54. The molecule has 21 heavy (non-hydrogen) atoms. The van der Waals surface area contributed by atoms with E-state index in [1.165, 1.54) is 0 Å². The highest BCUT2D eigenvalue weighted by Crippen LogP contribution is 2.63. The van der Waals surface area contributed by atoms with Gasteiger partial charge in [0.15, 0.2) is 0 Å². The molecule has 0 radical (unpaired) electrons. The summed E-state index contributed by atoms with van der Waals surface area (Å²) in [6.07, 6.45) is -0.373. The Morgan fingerprint density at radius 2 is 2.19 bits per heavy atom. The Balaban J connectivity index is 1.73. The van der Waals surface area contributed by atoms with Crippen LogP contribution in [-0.2, 0) is 4.79 Å². The van der Waals surface area contributed by atoms with E-state index in [1.807, 2.05) is 31.2 Å². The number of ether oxygens (including phenoxy) is 1. The van der Waals surface area contributed by atoms with Gasteiger partial charge in [0.05, 0.1) is 5.41 Å². The molecule has 2 N–H and O–H groups in total. The zero-order valence-corrected chi connectivity index (χ0v) is 13.5. The van der Waals surface area contributed by atoms with Crippen molar-refractivity contribution in [2.24, 2.45) is 5.41 Å². The van der Waals surface area contributed by atoms with Crippen molar-refractivity contribution in [1.82, 2.24) is 5.32 Å². The van der Waals surface area contributed by atoms with E-state index in [0.717, 1.165) is 5.56 Å². The van der Waals surface area contributed by atoms with E-state index in [4.69, 9.17) is 27.9 Å². The molecule has 1 amide bonds. The van der Waals surface area contributed by atoms with Gasteiger partial charge in [-0.25, -0.2) is 0 Å². The summed E-state index contributed by atoms with van der Waals surface area (Å²) in [5.41, 5.74) is 0.310. The second-order valence-corrected chi connectivity index (χ2v) is 7.19. The smallest absolute Gasteiger partial charge is 0.229 e. The number of benzene rings is 1. The zero-order chi connectivity index (χ0) is 15.7. The monoisotopic (exact) mass is 331 g/mol. The van der Waals surface area contributed by atoms with Gasteiger partial charge >= 0.3 is 0 Å². The average Bonchev–Trinajstić information content (AvgIpc) is 2.94. The molecular weight excluding hydrogens is 313 g/mol. The van der Waals surface area contributed by atoms with Crippen LogP contribution in [0, 0.1) is 12.3 Å². The maximum Gasteiger partial charge on any atom is 0.229 e. The van der Waals surface area contributed by atoms with Crippen LogP contribution in [0.1, 0.15) is 18.9 Å². The number of hydrogen-bond acceptors (Lipinski definition) is 3. The van der Waals surface area contributed by atoms with Crippen LogP contribution in [0.4, 0.5) is 0 Å². The van der Waals surface area contributed by atoms with E-state index >= 15 is 0 Å². The first-order chi connectivity index (χ1) is 9.74. The molecule has 2 rings (SSSR count). The lowest BCUT2D eigenvalue weighted by atomic mass is 10.1. The average molecular weight is 332 g/mol. The third-order valence-corrected chi connectivity index (χ3v) is 4.79. The van der Waals surface area contributed by atoms with Crippen LogP contribution in [0.5, 0.6) is 5.75 Å². The van der Waals surface area contributed by atoms with Gasteiger partial charge in [-0.2, -0.15) is 0 Å². The molecule has 0 bridgehead atoms. The molecule has 0 aliphatic heterocycles. The Labute approximate surface area is 134 Å². The lowest BCUT2D eigenvalue weighted by Gasteiger charge is -2.16. The van der Waals surface area contributed by atoms with Crippen LogP contribution >= 0.6 is 23.2 Å². The fourth-order valence-corrected chi connectivity index (χ4v) is 2.71. The Morgan fingerprint density at radius 1 is 1.52 bits per heavy atom.